The van der Waals surface area contributed by atoms with E-state index in [0.717, 1.165) is 24.8 Å². The van der Waals surface area contributed by atoms with Gasteiger partial charge in [-0.1, -0.05) is 0 Å². The normalized spacial score (nSPS) is 22.7. The minimum absolute atomic E-state index is 0.0546. The second-order valence-corrected chi connectivity index (χ2v) is 6.72. The van der Waals surface area contributed by atoms with Crippen LogP contribution in [0.15, 0.2) is 35.5 Å². The maximum atomic E-state index is 12.5. The Labute approximate surface area is 144 Å². The Bertz CT molecular complexity index is 817. The molecule has 7 heteroatoms. The minimum Gasteiger partial charge on any atom is -0.379 e. The molecule has 2 aliphatic rings. The van der Waals surface area contributed by atoms with Crippen molar-refractivity contribution in [1.82, 2.24) is 20.3 Å². The van der Waals surface area contributed by atoms with Crippen LogP contribution in [0.25, 0.3) is 0 Å². The molecule has 130 valence electrons. The molecule has 25 heavy (non-hydrogen) atoms. The molecule has 2 aromatic heterocycles. The van der Waals surface area contributed by atoms with Crippen molar-refractivity contribution in [3.8, 4) is 0 Å². The van der Waals surface area contributed by atoms with Crippen molar-refractivity contribution in [2.24, 2.45) is 5.92 Å². The molecule has 0 unspecified atom stereocenters. The van der Waals surface area contributed by atoms with Gasteiger partial charge < -0.3 is 15.0 Å². The maximum absolute atomic E-state index is 12.5. The molecule has 4 rings (SSSR count). The third-order valence-corrected chi connectivity index (χ3v) is 4.79. The summed E-state index contributed by atoms with van der Waals surface area (Å²) in [6.07, 6.45) is 7.78. The SMILES string of the molecule is O=C(N[C@H]1COC[C@H]1Cc1ccncc1)c1cnc(C2CC2)[nH]c1=O. The first-order valence-corrected chi connectivity index (χ1v) is 8.57. The molecule has 1 aliphatic carbocycles. The quantitative estimate of drug-likeness (QED) is 0.847. The number of hydrogen-bond donors (Lipinski definition) is 2. The second kappa shape index (κ2) is 6.76. The lowest BCUT2D eigenvalue weighted by Gasteiger charge is -2.19. The maximum Gasteiger partial charge on any atom is 0.263 e. The Hall–Kier alpha value is -2.54. The Balaban J connectivity index is 1.43. The summed E-state index contributed by atoms with van der Waals surface area (Å²) in [6, 6.07) is 3.80. The fraction of sp³-hybridized carbons (Fsp3) is 0.444. The van der Waals surface area contributed by atoms with Crippen molar-refractivity contribution in [2.45, 2.75) is 31.2 Å². The molecule has 1 aliphatic heterocycles. The Kier molecular flexibility index (Phi) is 4.31. The van der Waals surface area contributed by atoms with E-state index in [1.807, 2.05) is 12.1 Å². The van der Waals surface area contributed by atoms with Crippen LogP contribution in [0.3, 0.4) is 0 Å². The van der Waals surface area contributed by atoms with Crippen LogP contribution in [0.1, 0.15) is 40.5 Å². The van der Waals surface area contributed by atoms with Gasteiger partial charge in [-0.05, 0) is 37.0 Å². The minimum atomic E-state index is -0.397. The van der Waals surface area contributed by atoms with E-state index in [1.165, 1.54) is 6.20 Å². The summed E-state index contributed by atoms with van der Waals surface area (Å²) in [5.74, 6) is 0.801. The van der Waals surface area contributed by atoms with Crippen molar-refractivity contribution in [1.29, 1.82) is 0 Å². The van der Waals surface area contributed by atoms with Crippen LogP contribution in [0.4, 0.5) is 0 Å². The molecule has 3 heterocycles. The zero-order valence-corrected chi connectivity index (χ0v) is 13.8. The predicted molar refractivity (Wildman–Crippen MR) is 90.3 cm³/mol. The van der Waals surface area contributed by atoms with Gasteiger partial charge in [-0.2, -0.15) is 0 Å². The van der Waals surface area contributed by atoms with E-state index in [1.54, 1.807) is 12.4 Å². The predicted octanol–water partition coefficient (Wildman–Crippen LogP) is 1.03. The molecule has 0 spiro atoms. The highest BCUT2D eigenvalue weighted by molar-refractivity contribution is 5.93. The second-order valence-electron chi connectivity index (χ2n) is 6.72. The van der Waals surface area contributed by atoms with Gasteiger partial charge in [0, 0.05) is 30.4 Å². The van der Waals surface area contributed by atoms with E-state index in [-0.39, 0.29) is 23.1 Å². The summed E-state index contributed by atoms with van der Waals surface area (Å²) in [6.45, 7) is 1.04. The van der Waals surface area contributed by atoms with Crippen molar-refractivity contribution in [3.63, 3.8) is 0 Å². The fourth-order valence-electron chi connectivity index (χ4n) is 3.16. The summed E-state index contributed by atoms with van der Waals surface area (Å²) in [4.78, 5) is 35.6. The van der Waals surface area contributed by atoms with Crippen LogP contribution in [-0.4, -0.2) is 40.1 Å². The molecule has 2 aromatic rings. The fourth-order valence-corrected chi connectivity index (χ4v) is 3.16. The van der Waals surface area contributed by atoms with E-state index >= 15 is 0 Å². The van der Waals surface area contributed by atoms with E-state index < -0.39 is 5.91 Å². The van der Waals surface area contributed by atoms with E-state index in [0.29, 0.717) is 25.0 Å². The van der Waals surface area contributed by atoms with E-state index in [2.05, 4.69) is 20.3 Å². The number of carbonyl (C=O) groups excluding carboxylic acids is 1. The van der Waals surface area contributed by atoms with Gasteiger partial charge in [0.15, 0.2) is 0 Å². The number of amides is 1. The summed E-state index contributed by atoms with van der Waals surface area (Å²) >= 11 is 0. The lowest BCUT2D eigenvalue weighted by molar-refractivity contribution is 0.0923. The first-order valence-electron chi connectivity index (χ1n) is 8.57. The molecule has 2 N–H and O–H groups in total. The smallest absolute Gasteiger partial charge is 0.263 e. The summed E-state index contributed by atoms with van der Waals surface area (Å²) in [7, 11) is 0. The molecule has 1 saturated heterocycles. The largest absolute Gasteiger partial charge is 0.379 e. The molecule has 2 fully saturated rings. The van der Waals surface area contributed by atoms with Gasteiger partial charge in [0.05, 0.1) is 19.3 Å². The number of nitrogens with zero attached hydrogens (tertiary/aromatic N) is 2. The number of hydrogen-bond acceptors (Lipinski definition) is 5. The van der Waals surface area contributed by atoms with E-state index in [9.17, 15) is 9.59 Å². The van der Waals surface area contributed by atoms with Gasteiger partial charge in [-0.25, -0.2) is 4.98 Å². The van der Waals surface area contributed by atoms with Gasteiger partial charge in [0.2, 0.25) is 0 Å². The lowest BCUT2D eigenvalue weighted by atomic mass is 9.95. The number of aromatic nitrogens is 3. The van der Waals surface area contributed by atoms with Crippen LogP contribution < -0.4 is 10.9 Å². The zero-order chi connectivity index (χ0) is 17.2. The number of pyridine rings is 1. The first-order chi connectivity index (χ1) is 12.2. The molecule has 1 saturated carbocycles. The van der Waals surface area contributed by atoms with Crippen molar-refractivity contribution in [2.75, 3.05) is 13.2 Å². The highest BCUT2D eigenvalue weighted by atomic mass is 16.5. The Morgan fingerprint density at radius 1 is 1.28 bits per heavy atom. The molecule has 1 amide bonds. The van der Waals surface area contributed by atoms with Crippen molar-refractivity contribution < 1.29 is 9.53 Å². The van der Waals surface area contributed by atoms with Gasteiger partial charge in [0.1, 0.15) is 11.4 Å². The number of rotatable bonds is 5. The highest BCUT2D eigenvalue weighted by Gasteiger charge is 2.31. The summed E-state index contributed by atoms with van der Waals surface area (Å²) in [5.41, 5.74) is 0.830. The average molecular weight is 340 g/mol. The Morgan fingerprint density at radius 3 is 2.80 bits per heavy atom. The molecule has 0 radical (unpaired) electrons. The van der Waals surface area contributed by atoms with Gasteiger partial charge in [-0.15, -0.1) is 0 Å². The van der Waals surface area contributed by atoms with Crippen LogP contribution in [0.5, 0.6) is 0 Å². The Morgan fingerprint density at radius 2 is 2.08 bits per heavy atom. The molecular weight excluding hydrogens is 320 g/mol. The van der Waals surface area contributed by atoms with E-state index in [4.69, 9.17) is 4.74 Å². The van der Waals surface area contributed by atoms with Crippen LogP contribution in [0, 0.1) is 5.92 Å². The zero-order valence-electron chi connectivity index (χ0n) is 13.8. The molecule has 7 nitrogen and oxygen atoms in total. The third kappa shape index (κ3) is 3.61. The van der Waals surface area contributed by atoms with Gasteiger partial charge in [-0.3, -0.25) is 14.6 Å². The standard InChI is InChI=1S/C18H20N4O3/c23-17(14-8-20-16(12-1-2-12)22-18(14)24)21-15-10-25-9-13(15)7-11-3-5-19-6-4-11/h3-6,8,12-13,15H,1-2,7,9-10H2,(H,21,23)(H,20,22,24)/t13-,15+/m1/s1. The lowest BCUT2D eigenvalue weighted by Crippen LogP contribution is -2.42. The van der Waals surface area contributed by atoms with Gasteiger partial charge in [0.25, 0.3) is 11.5 Å². The summed E-state index contributed by atoms with van der Waals surface area (Å²) in [5, 5.41) is 2.93. The molecule has 0 bridgehead atoms. The number of ether oxygens (including phenoxy) is 1. The molecular formula is C18H20N4O3. The van der Waals surface area contributed by atoms with Crippen molar-refractivity contribution in [3.05, 3.63) is 58.0 Å². The van der Waals surface area contributed by atoms with Crippen LogP contribution in [-0.2, 0) is 11.2 Å². The van der Waals surface area contributed by atoms with Crippen molar-refractivity contribution >= 4 is 5.91 Å². The van der Waals surface area contributed by atoms with Crippen LogP contribution >= 0.6 is 0 Å². The number of H-pyrrole nitrogens is 1. The third-order valence-electron chi connectivity index (χ3n) is 4.79. The molecule has 0 aromatic carbocycles. The highest BCUT2D eigenvalue weighted by Crippen LogP contribution is 2.37. The first kappa shape index (κ1) is 16.0. The summed E-state index contributed by atoms with van der Waals surface area (Å²) < 4.78 is 5.54. The monoisotopic (exact) mass is 340 g/mol. The van der Waals surface area contributed by atoms with Crippen LogP contribution in [0.2, 0.25) is 0 Å². The average Bonchev–Trinajstić information content (AvgIpc) is 3.38. The topological polar surface area (TPSA) is 97.0 Å². The number of nitrogens with one attached hydrogen (secondary N) is 2. The number of aromatic amines is 1. The van der Waals surface area contributed by atoms with Gasteiger partial charge >= 0.3 is 0 Å². The number of carbonyl (C=O) groups is 1. The molecule has 2 atom stereocenters.